The van der Waals surface area contributed by atoms with Crippen molar-refractivity contribution in [1.82, 2.24) is 10.3 Å². The van der Waals surface area contributed by atoms with Crippen LogP contribution < -0.4 is 16.6 Å². The zero-order valence-corrected chi connectivity index (χ0v) is 11.2. The van der Waals surface area contributed by atoms with Crippen molar-refractivity contribution in [3.05, 3.63) is 24.0 Å². The molecule has 18 heavy (non-hydrogen) atoms. The molecule has 6 heteroatoms. The molecule has 1 aliphatic rings. The summed E-state index contributed by atoms with van der Waals surface area (Å²) in [5, 5.41) is 2.95. The van der Waals surface area contributed by atoms with Gasteiger partial charge in [-0.15, -0.1) is 0 Å². The highest BCUT2D eigenvalue weighted by Crippen LogP contribution is 2.42. The van der Waals surface area contributed by atoms with E-state index >= 15 is 0 Å². The Labute approximate surface area is 111 Å². The third-order valence-electron chi connectivity index (χ3n) is 3.43. The van der Waals surface area contributed by atoms with Gasteiger partial charge in [0.05, 0.1) is 5.69 Å². The number of rotatable bonds is 5. The van der Waals surface area contributed by atoms with Crippen LogP contribution in [0.25, 0.3) is 0 Å². The molecule has 0 atom stereocenters. The van der Waals surface area contributed by atoms with Gasteiger partial charge in [-0.25, -0.2) is 0 Å². The molecular formula is C12H18N4OS. The molecule has 2 rings (SSSR count). The molecule has 1 heterocycles. The van der Waals surface area contributed by atoms with Gasteiger partial charge in [0.2, 0.25) is 0 Å². The van der Waals surface area contributed by atoms with Crippen molar-refractivity contribution in [2.45, 2.75) is 24.0 Å². The average molecular weight is 266 g/mol. The number of hydrazine groups is 1. The molecule has 0 spiro atoms. The smallest absolute Gasteiger partial charge is 0.270 e. The first-order valence-electron chi connectivity index (χ1n) is 5.95. The van der Waals surface area contributed by atoms with Gasteiger partial charge in [-0.1, -0.05) is 6.42 Å². The number of pyridine rings is 1. The Morgan fingerprint density at radius 2 is 2.39 bits per heavy atom. The summed E-state index contributed by atoms with van der Waals surface area (Å²) in [6.45, 7) is 0.703. The van der Waals surface area contributed by atoms with Crippen LogP contribution in [-0.4, -0.2) is 28.4 Å². The summed E-state index contributed by atoms with van der Waals surface area (Å²) >= 11 is 1.84. The monoisotopic (exact) mass is 266 g/mol. The standard InChI is InChI=1S/C12H18N4OS/c1-18-12(4-2-5-12)8-15-11(17)10-7-9(16-13)3-6-14-10/h3,6-7H,2,4-5,8,13H2,1H3,(H,14,16)(H,15,17). The number of hydrogen-bond acceptors (Lipinski definition) is 5. The number of hydrogen-bond donors (Lipinski definition) is 3. The predicted octanol–water partition coefficient (Wildman–Crippen LogP) is 1.38. The summed E-state index contributed by atoms with van der Waals surface area (Å²) in [7, 11) is 0. The van der Waals surface area contributed by atoms with E-state index in [4.69, 9.17) is 5.84 Å². The van der Waals surface area contributed by atoms with Crippen molar-refractivity contribution in [2.75, 3.05) is 18.2 Å². The zero-order valence-electron chi connectivity index (χ0n) is 10.4. The highest BCUT2D eigenvalue weighted by atomic mass is 32.2. The Morgan fingerprint density at radius 1 is 1.61 bits per heavy atom. The minimum atomic E-state index is -0.146. The van der Waals surface area contributed by atoms with Crippen molar-refractivity contribution in [3.8, 4) is 0 Å². The van der Waals surface area contributed by atoms with Gasteiger partial charge in [0, 0.05) is 17.5 Å². The zero-order chi connectivity index (χ0) is 13.0. The van der Waals surface area contributed by atoms with Gasteiger partial charge < -0.3 is 10.7 Å². The number of carbonyl (C=O) groups excluding carboxylic acids is 1. The second-order valence-corrected chi connectivity index (χ2v) is 5.77. The maximum Gasteiger partial charge on any atom is 0.270 e. The Balaban J connectivity index is 1.95. The lowest BCUT2D eigenvalue weighted by Crippen LogP contribution is -2.45. The molecule has 1 aromatic heterocycles. The fourth-order valence-electron chi connectivity index (χ4n) is 2.00. The van der Waals surface area contributed by atoms with E-state index in [9.17, 15) is 4.79 Å². The maximum atomic E-state index is 12.0. The van der Waals surface area contributed by atoms with Gasteiger partial charge in [-0.2, -0.15) is 11.8 Å². The molecule has 4 N–H and O–H groups in total. The van der Waals surface area contributed by atoms with Crippen LogP contribution in [0.2, 0.25) is 0 Å². The van der Waals surface area contributed by atoms with E-state index < -0.39 is 0 Å². The van der Waals surface area contributed by atoms with Crippen molar-refractivity contribution in [3.63, 3.8) is 0 Å². The lowest BCUT2D eigenvalue weighted by atomic mass is 9.84. The van der Waals surface area contributed by atoms with Crippen molar-refractivity contribution in [2.24, 2.45) is 5.84 Å². The predicted molar refractivity (Wildman–Crippen MR) is 74.5 cm³/mol. The second-order valence-electron chi connectivity index (χ2n) is 4.50. The van der Waals surface area contributed by atoms with E-state index in [0.29, 0.717) is 17.9 Å². The molecule has 0 aliphatic heterocycles. The molecule has 98 valence electrons. The SMILES string of the molecule is CSC1(CNC(=O)c2cc(NN)ccn2)CCC1. The van der Waals surface area contributed by atoms with Crippen LogP contribution in [0.5, 0.6) is 0 Å². The molecule has 1 aliphatic carbocycles. The highest BCUT2D eigenvalue weighted by molar-refractivity contribution is 8.00. The molecule has 0 saturated heterocycles. The van der Waals surface area contributed by atoms with Crippen LogP contribution in [0.15, 0.2) is 18.3 Å². The Morgan fingerprint density at radius 3 is 2.94 bits per heavy atom. The molecule has 1 amide bonds. The van der Waals surface area contributed by atoms with E-state index in [2.05, 4.69) is 22.0 Å². The van der Waals surface area contributed by atoms with Crippen molar-refractivity contribution < 1.29 is 4.79 Å². The third-order valence-corrected chi connectivity index (χ3v) is 4.85. The summed E-state index contributed by atoms with van der Waals surface area (Å²) in [5.41, 5.74) is 3.57. The summed E-state index contributed by atoms with van der Waals surface area (Å²) in [6, 6.07) is 3.36. The Kier molecular flexibility index (Phi) is 4.08. The summed E-state index contributed by atoms with van der Waals surface area (Å²) in [6.07, 6.45) is 7.26. The number of aromatic nitrogens is 1. The summed E-state index contributed by atoms with van der Waals surface area (Å²) in [4.78, 5) is 16.0. The molecule has 0 unspecified atom stereocenters. The number of anilines is 1. The molecular weight excluding hydrogens is 248 g/mol. The normalized spacial score (nSPS) is 16.8. The summed E-state index contributed by atoms with van der Waals surface area (Å²) < 4.78 is 0.236. The number of nitrogens with zero attached hydrogens (tertiary/aromatic N) is 1. The van der Waals surface area contributed by atoms with Crippen molar-refractivity contribution in [1.29, 1.82) is 0 Å². The van der Waals surface area contributed by atoms with E-state index in [0.717, 1.165) is 0 Å². The largest absolute Gasteiger partial charge is 0.349 e. The van der Waals surface area contributed by atoms with Gasteiger partial charge in [0.1, 0.15) is 5.69 Å². The first kappa shape index (κ1) is 13.2. The van der Waals surface area contributed by atoms with E-state index in [1.165, 1.54) is 19.3 Å². The van der Waals surface area contributed by atoms with E-state index in [1.54, 1.807) is 18.3 Å². The van der Waals surface area contributed by atoms with Crippen LogP contribution >= 0.6 is 11.8 Å². The quantitative estimate of drug-likeness (QED) is 0.554. The first-order valence-corrected chi connectivity index (χ1v) is 7.18. The minimum Gasteiger partial charge on any atom is -0.349 e. The fraction of sp³-hybridized carbons (Fsp3) is 0.500. The van der Waals surface area contributed by atoms with Gasteiger partial charge in [-0.3, -0.25) is 15.6 Å². The lowest BCUT2D eigenvalue weighted by Gasteiger charge is -2.40. The van der Waals surface area contributed by atoms with Crippen molar-refractivity contribution >= 4 is 23.4 Å². The number of carbonyl (C=O) groups is 1. The van der Waals surface area contributed by atoms with Gasteiger partial charge >= 0.3 is 0 Å². The fourth-order valence-corrected chi connectivity index (χ4v) is 2.91. The number of nitrogens with two attached hydrogens (primary N) is 1. The van der Waals surface area contributed by atoms with Crippen LogP contribution in [0, 0.1) is 0 Å². The number of thioether (sulfide) groups is 1. The average Bonchev–Trinajstić information content (AvgIpc) is 2.38. The molecule has 0 radical (unpaired) electrons. The molecule has 1 fully saturated rings. The van der Waals surface area contributed by atoms with Gasteiger partial charge in [0.25, 0.3) is 5.91 Å². The lowest BCUT2D eigenvalue weighted by molar-refractivity contribution is 0.0939. The Hall–Kier alpha value is -1.27. The van der Waals surface area contributed by atoms with Crippen LogP contribution in [0.1, 0.15) is 29.8 Å². The molecule has 0 bridgehead atoms. The third kappa shape index (κ3) is 2.76. The van der Waals surface area contributed by atoms with Crippen LogP contribution in [-0.2, 0) is 0 Å². The van der Waals surface area contributed by atoms with Gasteiger partial charge in [0.15, 0.2) is 0 Å². The number of nitrogens with one attached hydrogen (secondary N) is 2. The molecule has 1 saturated carbocycles. The molecule has 0 aromatic carbocycles. The maximum absolute atomic E-state index is 12.0. The minimum absolute atomic E-state index is 0.146. The first-order chi connectivity index (χ1) is 8.69. The number of amides is 1. The molecule has 5 nitrogen and oxygen atoms in total. The highest BCUT2D eigenvalue weighted by Gasteiger charge is 2.36. The van der Waals surface area contributed by atoms with E-state index in [1.807, 2.05) is 11.8 Å². The summed E-state index contributed by atoms with van der Waals surface area (Å²) in [5.74, 6) is 5.16. The Bertz CT molecular complexity index is 428. The number of nitrogen functional groups attached to an aromatic ring is 1. The second kappa shape index (κ2) is 5.58. The van der Waals surface area contributed by atoms with Crippen LogP contribution in [0.3, 0.4) is 0 Å². The van der Waals surface area contributed by atoms with Crippen LogP contribution in [0.4, 0.5) is 5.69 Å². The van der Waals surface area contributed by atoms with E-state index in [-0.39, 0.29) is 10.7 Å². The topological polar surface area (TPSA) is 80.0 Å². The van der Waals surface area contributed by atoms with Gasteiger partial charge in [-0.05, 0) is 31.2 Å². The molecule has 1 aromatic rings.